The van der Waals surface area contributed by atoms with Crippen molar-refractivity contribution < 1.29 is 22.7 Å². The van der Waals surface area contributed by atoms with Crippen LogP contribution in [0.15, 0.2) is 54.7 Å². The average molecular weight is 402 g/mol. The number of aryl methyl sites for hydroxylation is 1. The van der Waals surface area contributed by atoms with E-state index in [2.05, 4.69) is 5.10 Å². The van der Waals surface area contributed by atoms with E-state index in [1.165, 1.54) is 16.8 Å². The Hall–Kier alpha value is -3.09. The van der Waals surface area contributed by atoms with Crippen molar-refractivity contribution in [3.8, 4) is 11.1 Å². The van der Waals surface area contributed by atoms with E-state index < -0.39 is 11.7 Å². The fourth-order valence-electron chi connectivity index (χ4n) is 3.22. The number of esters is 1. The zero-order valence-electron chi connectivity index (χ0n) is 16.2. The summed E-state index contributed by atoms with van der Waals surface area (Å²) in [6, 6.07) is 12.9. The van der Waals surface area contributed by atoms with Gasteiger partial charge in [0.05, 0.1) is 17.9 Å². The monoisotopic (exact) mass is 402 g/mol. The Morgan fingerprint density at radius 3 is 2.59 bits per heavy atom. The zero-order chi connectivity index (χ0) is 21.0. The molecule has 1 aromatic heterocycles. The SMILES string of the molecule is CCOC(=O)Cn1cc(-c2ccccc2Cc2cccc(C(F)(F)F)c2)c(C)n1. The summed E-state index contributed by atoms with van der Waals surface area (Å²) in [5.41, 5.74) is 3.22. The molecule has 0 saturated carbocycles. The lowest BCUT2D eigenvalue weighted by atomic mass is 9.95. The van der Waals surface area contributed by atoms with E-state index in [-0.39, 0.29) is 12.5 Å². The van der Waals surface area contributed by atoms with Crippen molar-refractivity contribution in [3.05, 3.63) is 77.1 Å². The van der Waals surface area contributed by atoms with E-state index in [4.69, 9.17) is 4.74 Å². The summed E-state index contributed by atoms with van der Waals surface area (Å²) in [6.07, 6.45) is -2.26. The predicted octanol–water partition coefficient (Wildman–Crippen LogP) is 5.03. The summed E-state index contributed by atoms with van der Waals surface area (Å²) in [6.45, 7) is 3.87. The molecule has 0 atom stereocenters. The molecule has 0 N–H and O–H groups in total. The first kappa shape index (κ1) is 20.6. The van der Waals surface area contributed by atoms with Crippen LogP contribution in [0, 0.1) is 6.92 Å². The fraction of sp³-hybridized carbons (Fsp3) is 0.273. The summed E-state index contributed by atoms with van der Waals surface area (Å²) in [5, 5.41) is 4.37. The second-order valence-corrected chi connectivity index (χ2v) is 6.66. The number of carbonyl (C=O) groups excluding carboxylic acids is 1. The van der Waals surface area contributed by atoms with Gasteiger partial charge >= 0.3 is 12.1 Å². The number of hydrogen-bond donors (Lipinski definition) is 0. The first-order chi connectivity index (χ1) is 13.8. The number of ether oxygens (including phenoxy) is 1. The molecule has 0 bridgehead atoms. The molecule has 0 aliphatic rings. The average Bonchev–Trinajstić information content (AvgIpc) is 3.02. The zero-order valence-corrected chi connectivity index (χ0v) is 16.2. The van der Waals surface area contributed by atoms with E-state index in [1.54, 1.807) is 19.2 Å². The largest absolute Gasteiger partial charge is 0.465 e. The third-order valence-electron chi connectivity index (χ3n) is 4.50. The van der Waals surface area contributed by atoms with Crippen molar-refractivity contribution in [3.63, 3.8) is 0 Å². The molecular weight excluding hydrogens is 381 g/mol. The molecular formula is C22H21F3N2O2. The number of benzene rings is 2. The maximum Gasteiger partial charge on any atom is 0.416 e. The van der Waals surface area contributed by atoms with Gasteiger partial charge in [0.15, 0.2) is 0 Å². The number of nitrogens with zero attached hydrogens (tertiary/aromatic N) is 2. The molecule has 0 fully saturated rings. The van der Waals surface area contributed by atoms with Gasteiger partial charge in [-0.15, -0.1) is 0 Å². The highest BCUT2D eigenvalue weighted by atomic mass is 19.4. The minimum atomic E-state index is -4.37. The van der Waals surface area contributed by atoms with Crippen molar-refractivity contribution in [2.75, 3.05) is 6.61 Å². The van der Waals surface area contributed by atoms with E-state index in [1.807, 2.05) is 31.2 Å². The molecule has 152 valence electrons. The van der Waals surface area contributed by atoms with Crippen LogP contribution in [0.2, 0.25) is 0 Å². The predicted molar refractivity (Wildman–Crippen MR) is 103 cm³/mol. The minimum Gasteiger partial charge on any atom is -0.465 e. The van der Waals surface area contributed by atoms with Gasteiger partial charge in [-0.05, 0) is 43.0 Å². The normalized spacial score (nSPS) is 11.5. The summed E-state index contributed by atoms with van der Waals surface area (Å²) >= 11 is 0. The topological polar surface area (TPSA) is 44.1 Å². The fourth-order valence-corrected chi connectivity index (χ4v) is 3.22. The third kappa shape index (κ3) is 5.04. The molecule has 3 rings (SSSR count). The van der Waals surface area contributed by atoms with Crippen LogP contribution < -0.4 is 0 Å². The number of rotatable bonds is 6. The third-order valence-corrected chi connectivity index (χ3v) is 4.50. The van der Waals surface area contributed by atoms with Gasteiger partial charge in [0.1, 0.15) is 6.54 Å². The van der Waals surface area contributed by atoms with E-state index in [0.29, 0.717) is 18.6 Å². The molecule has 4 nitrogen and oxygen atoms in total. The summed E-state index contributed by atoms with van der Waals surface area (Å²) in [5.74, 6) is -0.376. The molecule has 0 amide bonds. The Kier molecular flexibility index (Phi) is 6.06. The van der Waals surface area contributed by atoms with Crippen molar-refractivity contribution in [1.82, 2.24) is 9.78 Å². The van der Waals surface area contributed by atoms with Crippen molar-refractivity contribution in [1.29, 1.82) is 0 Å². The van der Waals surface area contributed by atoms with Gasteiger partial charge in [-0.1, -0.05) is 42.5 Å². The van der Waals surface area contributed by atoms with Crippen LogP contribution in [0.25, 0.3) is 11.1 Å². The molecule has 0 saturated heterocycles. The summed E-state index contributed by atoms with van der Waals surface area (Å²) < 4.78 is 45.5. The number of alkyl halides is 3. The van der Waals surface area contributed by atoms with E-state index in [0.717, 1.165) is 28.5 Å². The van der Waals surface area contributed by atoms with Crippen LogP contribution in [0.3, 0.4) is 0 Å². The van der Waals surface area contributed by atoms with Gasteiger partial charge in [-0.2, -0.15) is 18.3 Å². The smallest absolute Gasteiger partial charge is 0.416 e. The maximum atomic E-state index is 13.0. The first-order valence-electron chi connectivity index (χ1n) is 9.22. The van der Waals surface area contributed by atoms with Crippen LogP contribution >= 0.6 is 0 Å². The summed E-state index contributed by atoms with van der Waals surface area (Å²) in [7, 11) is 0. The molecule has 0 aliphatic carbocycles. The van der Waals surface area contributed by atoms with Gasteiger partial charge < -0.3 is 4.74 Å². The molecule has 7 heteroatoms. The van der Waals surface area contributed by atoms with Gasteiger partial charge in [0, 0.05) is 11.8 Å². The standard InChI is InChI=1S/C22H21F3N2O2/c1-3-29-21(28)14-27-13-20(15(2)26-27)19-10-5-4-8-17(19)11-16-7-6-9-18(12-16)22(23,24)25/h4-10,12-13H,3,11,14H2,1-2H3. The molecule has 1 heterocycles. The highest BCUT2D eigenvalue weighted by Crippen LogP contribution is 2.32. The van der Waals surface area contributed by atoms with Crippen molar-refractivity contribution in [2.45, 2.75) is 33.0 Å². The lowest BCUT2D eigenvalue weighted by Gasteiger charge is -2.11. The number of aromatic nitrogens is 2. The molecule has 3 aromatic rings. The lowest BCUT2D eigenvalue weighted by molar-refractivity contribution is -0.144. The van der Waals surface area contributed by atoms with Crippen molar-refractivity contribution in [2.24, 2.45) is 0 Å². The number of halogens is 3. The van der Waals surface area contributed by atoms with Gasteiger partial charge in [-0.25, -0.2) is 0 Å². The second kappa shape index (κ2) is 8.51. The Balaban J connectivity index is 1.91. The Labute approximate surface area is 166 Å². The van der Waals surface area contributed by atoms with E-state index in [9.17, 15) is 18.0 Å². The summed E-state index contributed by atoms with van der Waals surface area (Å²) in [4.78, 5) is 11.7. The Bertz CT molecular complexity index is 1010. The number of hydrogen-bond acceptors (Lipinski definition) is 3. The van der Waals surface area contributed by atoms with Crippen LogP contribution in [0.1, 0.15) is 29.3 Å². The minimum absolute atomic E-state index is 0.00444. The van der Waals surface area contributed by atoms with E-state index >= 15 is 0 Å². The Morgan fingerprint density at radius 1 is 1.10 bits per heavy atom. The van der Waals surface area contributed by atoms with Crippen LogP contribution in [0.5, 0.6) is 0 Å². The maximum absolute atomic E-state index is 13.0. The Morgan fingerprint density at radius 2 is 1.86 bits per heavy atom. The molecule has 0 aliphatic heterocycles. The first-order valence-corrected chi connectivity index (χ1v) is 9.22. The van der Waals surface area contributed by atoms with Crippen LogP contribution in [-0.2, 0) is 28.7 Å². The molecule has 0 unspecified atom stereocenters. The molecule has 0 radical (unpaired) electrons. The van der Waals surface area contributed by atoms with Gasteiger partial charge in [0.25, 0.3) is 0 Å². The second-order valence-electron chi connectivity index (χ2n) is 6.66. The molecule has 2 aromatic carbocycles. The van der Waals surface area contributed by atoms with Gasteiger partial charge in [0.2, 0.25) is 0 Å². The number of carbonyl (C=O) groups is 1. The highest BCUT2D eigenvalue weighted by molar-refractivity contribution is 5.71. The lowest BCUT2D eigenvalue weighted by Crippen LogP contribution is -2.13. The van der Waals surface area contributed by atoms with Crippen LogP contribution in [-0.4, -0.2) is 22.4 Å². The molecule has 29 heavy (non-hydrogen) atoms. The van der Waals surface area contributed by atoms with Crippen molar-refractivity contribution >= 4 is 5.97 Å². The molecule has 0 spiro atoms. The quantitative estimate of drug-likeness (QED) is 0.543. The van der Waals surface area contributed by atoms with Gasteiger partial charge in [-0.3, -0.25) is 9.48 Å². The highest BCUT2D eigenvalue weighted by Gasteiger charge is 2.30. The van der Waals surface area contributed by atoms with Crippen LogP contribution in [0.4, 0.5) is 13.2 Å².